The fraction of sp³-hybridized carbons (Fsp3) is 0.419. The number of hydrogen-bond acceptors (Lipinski definition) is 9. The normalized spacial score (nSPS) is 13.0. The molecule has 4 rings (SSSR count). The molecule has 62 heavy (non-hydrogen) atoms. The SMILES string of the molecule is CC(C)C(NC(=O)C(CCCCNC(=O)O)NC(=O)O)C(=O)NC(CCCNC(N)=O)C(=O)Nc1ccc(CO)c(CN(C)C(=O)OCC2c3ccccc3-c3ccccc32)c1. The lowest BCUT2D eigenvalue weighted by Crippen LogP contribution is -2.57. The fourth-order valence-corrected chi connectivity index (χ4v) is 7.18. The molecule has 0 aliphatic heterocycles. The Morgan fingerprint density at radius 3 is 1.94 bits per heavy atom. The van der Waals surface area contributed by atoms with Crippen molar-refractivity contribution in [3.8, 4) is 11.1 Å². The number of carboxylic acid groups (broad SMARTS) is 2. The first-order valence-corrected chi connectivity index (χ1v) is 20.3. The first-order valence-electron chi connectivity index (χ1n) is 20.3. The first kappa shape index (κ1) is 47.8. The minimum absolute atomic E-state index is 0.0158. The third kappa shape index (κ3) is 13.8. The molecule has 3 aromatic rings. The van der Waals surface area contributed by atoms with Crippen molar-refractivity contribution in [2.75, 3.05) is 32.1 Å². The second-order valence-electron chi connectivity index (χ2n) is 15.2. The number of carbonyl (C=O) groups is 7. The van der Waals surface area contributed by atoms with Gasteiger partial charge in [0.15, 0.2) is 0 Å². The topological polar surface area (TPSA) is 291 Å². The summed E-state index contributed by atoms with van der Waals surface area (Å²) in [6.45, 7) is 3.24. The Balaban J connectivity index is 1.44. The number of benzene rings is 3. The smallest absolute Gasteiger partial charge is 0.409 e. The van der Waals surface area contributed by atoms with Gasteiger partial charge in [-0.05, 0) is 83.5 Å². The molecule has 0 radical (unpaired) electrons. The summed E-state index contributed by atoms with van der Waals surface area (Å²) < 4.78 is 5.80. The number of fused-ring (bicyclic) bond motifs is 3. The van der Waals surface area contributed by atoms with Crippen LogP contribution in [0.25, 0.3) is 11.1 Å². The van der Waals surface area contributed by atoms with Gasteiger partial charge in [0, 0.05) is 38.3 Å². The van der Waals surface area contributed by atoms with Gasteiger partial charge in [0.2, 0.25) is 17.7 Å². The highest BCUT2D eigenvalue weighted by molar-refractivity contribution is 5.99. The van der Waals surface area contributed by atoms with Crippen molar-refractivity contribution in [1.29, 1.82) is 0 Å². The molecule has 0 aromatic heterocycles. The zero-order chi connectivity index (χ0) is 45.3. The molecule has 0 saturated heterocycles. The van der Waals surface area contributed by atoms with Crippen molar-refractivity contribution in [3.63, 3.8) is 0 Å². The van der Waals surface area contributed by atoms with Gasteiger partial charge in [-0.25, -0.2) is 19.2 Å². The summed E-state index contributed by atoms with van der Waals surface area (Å²) >= 11 is 0. The quantitative estimate of drug-likeness (QED) is 0.0651. The highest BCUT2D eigenvalue weighted by Gasteiger charge is 2.32. The minimum Gasteiger partial charge on any atom is -0.465 e. The van der Waals surface area contributed by atoms with E-state index >= 15 is 0 Å². The monoisotopic (exact) mass is 860 g/mol. The van der Waals surface area contributed by atoms with E-state index < -0.39 is 66.1 Å². The molecule has 3 unspecified atom stereocenters. The maximum Gasteiger partial charge on any atom is 0.409 e. The lowest BCUT2D eigenvalue weighted by Gasteiger charge is -2.27. The van der Waals surface area contributed by atoms with Gasteiger partial charge in [0.1, 0.15) is 24.7 Å². The second kappa shape index (κ2) is 23.2. The molecule has 3 atom stereocenters. The number of ether oxygens (including phenoxy) is 1. The zero-order valence-electron chi connectivity index (χ0n) is 34.9. The summed E-state index contributed by atoms with van der Waals surface area (Å²) in [5.74, 6) is -2.85. The largest absolute Gasteiger partial charge is 0.465 e. The van der Waals surface area contributed by atoms with Gasteiger partial charge in [-0.15, -0.1) is 0 Å². The lowest BCUT2D eigenvalue weighted by atomic mass is 9.98. The van der Waals surface area contributed by atoms with Crippen LogP contribution in [0.1, 0.15) is 74.1 Å². The number of hydrogen-bond donors (Lipinski definition) is 10. The highest BCUT2D eigenvalue weighted by Crippen LogP contribution is 2.44. The predicted molar refractivity (Wildman–Crippen MR) is 228 cm³/mol. The van der Waals surface area contributed by atoms with Crippen LogP contribution < -0.4 is 37.6 Å². The van der Waals surface area contributed by atoms with Crippen LogP contribution in [-0.2, 0) is 32.3 Å². The molecule has 8 amide bonds. The molecule has 334 valence electrons. The Hall–Kier alpha value is -6.89. The zero-order valence-corrected chi connectivity index (χ0v) is 34.9. The molecular weight excluding hydrogens is 805 g/mol. The molecule has 0 spiro atoms. The number of aliphatic hydroxyl groups is 1. The number of rotatable bonds is 22. The Kier molecular flexibility index (Phi) is 17.9. The maximum absolute atomic E-state index is 13.8. The van der Waals surface area contributed by atoms with Crippen molar-refractivity contribution >= 4 is 47.7 Å². The average molecular weight is 861 g/mol. The maximum atomic E-state index is 13.8. The number of aliphatic hydroxyl groups excluding tert-OH is 1. The number of urea groups is 1. The molecular formula is C43H56N8O11. The highest BCUT2D eigenvalue weighted by atomic mass is 16.6. The summed E-state index contributed by atoms with van der Waals surface area (Å²) in [6, 6.07) is 16.3. The number of primary amides is 1. The van der Waals surface area contributed by atoms with Gasteiger partial charge in [-0.3, -0.25) is 14.4 Å². The first-order chi connectivity index (χ1) is 29.6. The minimum atomic E-state index is -1.47. The Morgan fingerprint density at radius 1 is 0.726 bits per heavy atom. The van der Waals surface area contributed by atoms with E-state index in [1.54, 1.807) is 39.1 Å². The van der Waals surface area contributed by atoms with Crippen LogP contribution >= 0.6 is 0 Å². The average Bonchev–Trinajstić information content (AvgIpc) is 3.55. The molecule has 19 nitrogen and oxygen atoms in total. The molecule has 0 fully saturated rings. The van der Waals surface area contributed by atoms with Crippen LogP contribution in [0.4, 0.5) is 24.9 Å². The Bertz CT molecular complexity index is 2030. The van der Waals surface area contributed by atoms with Gasteiger partial charge < -0.3 is 62.6 Å². The van der Waals surface area contributed by atoms with E-state index in [4.69, 9.17) is 15.6 Å². The van der Waals surface area contributed by atoms with E-state index in [0.717, 1.165) is 22.3 Å². The molecule has 0 bridgehead atoms. The number of unbranched alkanes of at least 4 members (excludes halogenated alkanes) is 1. The van der Waals surface area contributed by atoms with Crippen LogP contribution in [0.15, 0.2) is 66.7 Å². The van der Waals surface area contributed by atoms with Crippen molar-refractivity contribution in [1.82, 2.24) is 31.5 Å². The Labute approximate surface area is 359 Å². The number of carbonyl (C=O) groups excluding carboxylic acids is 5. The van der Waals surface area contributed by atoms with Crippen LogP contribution in [0.5, 0.6) is 0 Å². The number of anilines is 1. The van der Waals surface area contributed by atoms with E-state index in [9.17, 15) is 43.8 Å². The Morgan fingerprint density at radius 2 is 1.34 bits per heavy atom. The summed E-state index contributed by atoms with van der Waals surface area (Å²) in [5, 5.41) is 43.1. The number of nitrogens with zero attached hydrogens (tertiary/aromatic N) is 1. The number of nitrogens with one attached hydrogen (secondary N) is 6. The molecule has 1 aliphatic carbocycles. The molecule has 1 aliphatic rings. The summed E-state index contributed by atoms with van der Waals surface area (Å²) in [7, 11) is 1.56. The van der Waals surface area contributed by atoms with Crippen LogP contribution in [-0.4, -0.2) is 107 Å². The van der Waals surface area contributed by atoms with E-state index in [0.29, 0.717) is 17.5 Å². The molecule has 3 aromatic carbocycles. The van der Waals surface area contributed by atoms with E-state index in [1.807, 2.05) is 48.5 Å². The predicted octanol–water partition coefficient (Wildman–Crippen LogP) is 3.65. The molecule has 0 heterocycles. The van der Waals surface area contributed by atoms with Crippen LogP contribution in [0, 0.1) is 5.92 Å². The van der Waals surface area contributed by atoms with Gasteiger partial charge in [-0.2, -0.15) is 0 Å². The lowest BCUT2D eigenvalue weighted by molar-refractivity contribution is -0.132. The third-order valence-corrected chi connectivity index (χ3v) is 10.4. The van der Waals surface area contributed by atoms with Crippen molar-refractivity contribution in [3.05, 3.63) is 89.0 Å². The van der Waals surface area contributed by atoms with Crippen LogP contribution in [0.2, 0.25) is 0 Å². The van der Waals surface area contributed by atoms with Gasteiger partial charge in [0.25, 0.3) is 0 Å². The fourth-order valence-electron chi connectivity index (χ4n) is 7.18. The number of amides is 8. The molecule has 19 heteroatoms. The van der Waals surface area contributed by atoms with Gasteiger partial charge in [0.05, 0.1) is 6.61 Å². The van der Waals surface area contributed by atoms with E-state index in [1.165, 1.54) is 4.90 Å². The third-order valence-electron chi connectivity index (χ3n) is 10.4. The van der Waals surface area contributed by atoms with E-state index in [2.05, 4.69) is 31.9 Å². The van der Waals surface area contributed by atoms with Gasteiger partial charge >= 0.3 is 24.3 Å². The standard InChI is InChI=1S/C43H56N8O11/c1-25(2)36(50-38(54)35(49-42(59)60)15-8-9-19-46-41(57)58)39(55)48-34(16-10-20-45-40(44)56)37(53)47-28-18-17-26(23-52)27(21-28)22-51(3)43(61)62-24-33-31-13-6-4-11-29(31)30-12-5-7-14-32(30)33/h4-7,11-14,17-18,21,25,33-36,46,49,52H,8-10,15-16,19-20,22-24H2,1-3H3,(H,47,53)(H,48,55)(H,50,54)(H,57,58)(H,59,60)(H3,44,45,56). The molecule has 11 N–H and O–H groups in total. The summed E-state index contributed by atoms with van der Waals surface area (Å²) in [6.07, 6.45) is -2.43. The van der Waals surface area contributed by atoms with Crippen molar-refractivity contribution in [2.45, 2.75) is 83.1 Å². The second-order valence-corrected chi connectivity index (χ2v) is 15.2. The van der Waals surface area contributed by atoms with Gasteiger partial charge in [-0.1, -0.05) is 68.4 Å². The summed E-state index contributed by atoms with van der Waals surface area (Å²) in [4.78, 5) is 89.1. The van der Waals surface area contributed by atoms with E-state index in [-0.39, 0.29) is 70.1 Å². The number of nitrogens with two attached hydrogens (primary N) is 1. The summed E-state index contributed by atoms with van der Waals surface area (Å²) in [5.41, 5.74) is 10.8. The van der Waals surface area contributed by atoms with Crippen molar-refractivity contribution < 1.29 is 53.6 Å². The molecule has 0 saturated carbocycles. The van der Waals surface area contributed by atoms with Crippen LogP contribution in [0.3, 0.4) is 0 Å². The van der Waals surface area contributed by atoms with Crippen molar-refractivity contribution in [2.24, 2.45) is 11.7 Å².